The Labute approximate surface area is 70.1 Å². The van der Waals surface area contributed by atoms with Crippen LogP contribution < -0.4 is 0 Å². The average molecular weight is 154 g/mol. The van der Waals surface area contributed by atoms with Crippen molar-refractivity contribution in [3.05, 3.63) is 0 Å². The molecule has 0 unspecified atom stereocenters. The van der Waals surface area contributed by atoms with Crippen LogP contribution in [0.2, 0.25) is 0 Å². The van der Waals surface area contributed by atoms with Crippen LogP contribution >= 0.6 is 0 Å². The van der Waals surface area contributed by atoms with E-state index in [4.69, 9.17) is 0 Å². The van der Waals surface area contributed by atoms with Gasteiger partial charge in [-0.25, -0.2) is 4.58 Å². The van der Waals surface area contributed by atoms with E-state index in [1.807, 2.05) is 0 Å². The Hall–Kier alpha value is -0.330. The van der Waals surface area contributed by atoms with E-state index in [1.54, 1.807) is 5.71 Å². The minimum atomic E-state index is 0.460. The third kappa shape index (κ3) is 1.63. The molecule has 1 rings (SSSR count). The summed E-state index contributed by atoms with van der Waals surface area (Å²) in [6, 6.07) is 0. The number of nitrogens with zero attached hydrogens (tertiary/aromatic N) is 1. The number of hydrogen-bond acceptors (Lipinski definition) is 0. The molecule has 0 saturated carbocycles. The first-order valence-corrected chi connectivity index (χ1v) is 4.65. The van der Waals surface area contributed by atoms with Crippen molar-refractivity contribution in [3.63, 3.8) is 0 Å². The first-order valence-electron chi connectivity index (χ1n) is 4.65. The molecule has 0 aliphatic carbocycles. The summed E-state index contributed by atoms with van der Waals surface area (Å²) in [7, 11) is 2.22. The molecule has 11 heavy (non-hydrogen) atoms. The van der Waals surface area contributed by atoms with Crippen LogP contribution in [-0.4, -0.2) is 23.9 Å². The third-order valence-electron chi connectivity index (χ3n) is 2.87. The molecule has 0 N–H and O–H groups in total. The first-order chi connectivity index (χ1) is 5.08. The molecule has 0 saturated heterocycles. The predicted molar refractivity (Wildman–Crippen MR) is 49.4 cm³/mol. The molecule has 0 amide bonds. The second-order valence-corrected chi connectivity index (χ2v) is 4.21. The minimum absolute atomic E-state index is 0.460. The quantitative estimate of drug-likeness (QED) is 0.510. The molecular weight excluding hydrogens is 134 g/mol. The highest BCUT2D eigenvalue weighted by Crippen LogP contribution is 2.28. The van der Waals surface area contributed by atoms with E-state index in [2.05, 4.69) is 32.4 Å². The Morgan fingerprint density at radius 2 is 2.09 bits per heavy atom. The standard InChI is InChI=1S/C10H20N/c1-5-9-10(2,3)7-6-8-11(9)4/h5-8H2,1-4H3/q+1. The molecule has 0 bridgehead atoms. The van der Waals surface area contributed by atoms with Crippen molar-refractivity contribution in [2.75, 3.05) is 13.6 Å². The van der Waals surface area contributed by atoms with E-state index in [1.165, 1.54) is 25.8 Å². The van der Waals surface area contributed by atoms with Gasteiger partial charge in [-0.05, 0) is 6.42 Å². The van der Waals surface area contributed by atoms with E-state index in [0.29, 0.717) is 5.41 Å². The van der Waals surface area contributed by atoms with E-state index >= 15 is 0 Å². The second kappa shape index (κ2) is 2.96. The van der Waals surface area contributed by atoms with Gasteiger partial charge in [0.1, 0.15) is 13.6 Å². The average Bonchev–Trinajstić information content (AvgIpc) is 1.86. The summed E-state index contributed by atoms with van der Waals surface area (Å²) in [6.45, 7) is 8.24. The van der Waals surface area contributed by atoms with Gasteiger partial charge in [0.25, 0.3) is 0 Å². The Morgan fingerprint density at radius 1 is 1.45 bits per heavy atom. The van der Waals surface area contributed by atoms with Gasteiger partial charge in [-0.15, -0.1) is 0 Å². The second-order valence-electron chi connectivity index (χ2n) is 4.21. The summed E-state index contributed by atoms with van der Waals surface area (Å²) >= 11 is 0. The maximum atomic E-state index is 2.43. The zero-order chi connectivity index (χ0) is 8.48. The van der Waals surface area contributed by atoms with Gasteiger partial charge in [0, 0.05) is 18.3 Å². The fourth-order valence-corrected chi connectivity index (χ4v) is 2.30. The molecular formula is C10H20N+. The molecule has 1 heteroatoms. The molecule has 64 valence electrons. The lowest BCUT2D eigenvalue weighted by molar-refractivity contribution is -0.508. The summed E-state index contributed by atoms with van der Waals surface area (Å²) in [5.41, 5.74) is 2.09. The van der Waals surface area contributed by atoms with E-state index in [0.717, 1.165) is 0 Å². The summed E-state index contributed by atoms with van der Waals surface area (Å²) in [5, 5.41) is 0. The zero-order valence-electron chi connectivity index (χ0n) is 8.28. The highest BCUT2D eigenvalue weighted by molar-refractivity contribution is 5.85. The van der Waals surface area contributed by atoms with Crippen LogP contribution in [0.25, 0.3) is 0 Å². The lowest BCUT2D eigenvalue weighted by Crippen LogP contribution is -2.36. The topological polar surface area (TPSA) is 3.01 Å². The fraction of sp³-hybridized carbons (Fsp3) is 0.900. The van der Waals surface area contributed by atoms with Gasteiger partial charge in [0.15, 0.2) is 5.71 Å². The summed E-state index contributed by atoms with van der Waals surface area (Å²) in [5.74, 6) is 0. The van der Waals surface area contributed by atoms with Crippen LogP contribution in [0.1, 0.15) is 40.0 Å². The normalized spacial score (nSPS) is 24.0. The van der Waals surface area contributed by atoms with Gasteiger partial charge in [0.05, 0.1) is 0 Å². The minimum Gasteiger partial charge on any atom is -0.239 e. The molecule has 0 atom stereocenters. The zero-order valence-corrected chi connectivity index (χ0v) is 8.28. The third-order valence-corrected chi connectivity index (χ3v) is 2.87. The summed E-state index contributed by atoms with van der Waals surface area (Å²) < 4.78 is 2.43. The molecule has 1 heterocycles. The lowest BCUT2D eigenvalue weighted by atomic mass is 9.79. The highest BCUT2D eigenvalue weighted by Gasteiger charge is 2.33. The predicted octanol–water partition coefficient (Wildman–Crippen LogP) is 2.30. The molecule has 1 aliphatic heterocycles. The van der Waals surface area contributed by atoms with Crippen LogP contribution in [0, 0.1) is 5.41 Å². The van der Waals surface area contributed by atoms with E-state index in [-0.39, 0.29) is 0 Å². The molecule has 1 aliphatic rings. The van der Waals surface area contributed by atoms with Crippen LogP contribution in [0.15, 0.2) is 0 Å². The van der Waals surface area contributed by atoms with E-state index in [9.17, 15) is 0 Å². The highest BCUT2D eigenvalue weighted by atomic mass is 15.0. The van der Waals surface area contributed by atoms with Crippen molar-refractivity contribution < 1.29 is 4.58 Å². The van der Waals surface area contributed by atoms with Crippen LogP contribution in [0.5, 0.6) is 0 Å². The molecule has 0 spiro atoms. The Balaban J connectivity index is 2.92. The van der Waals surface area contributed by atoms with Gasteiger partial charge in [0.2, 0.25) is 0 Å². The van der Waals surface area contributed by atoms with Gasteiger partial charge in [-0.2, -0.15) is 0 Å². The van der Waals surface area contributed by atoms with Gasteiger partial charge < -0.3 is 0 Å². The van der Waals surface area contributed by atoms with Gasteiger partial charge in [-0.3, -0.25) is 0 Å². The molecule has 0 radical (unpaired) electrons. The van der Waals surface area contributed by atoms with Gasteiger partial charge in [-0.1, -0.05) is 20.8 Å². The maximum Gasteiger partial charge on any atom is 0.157 e. The SMILES string of the molecule is CCC1=[N+](C)CCCC1(C)C. The van der Waals surface area contributed by atoms with Crippen molar-refractivity contribution in [2.45, 2.75) is 40.0 Å². The molecule has 0 aromatic carbocycles. The molecule has 0 aromatic rings. The van der Waals surface area contributed by atoms with Crippen molar-refractivity contribution in [1.82, 2.24) is 0 Å². The van der Waals surface area contributed by atoms with Crippen LogP contribution in [0.4, 0.5) is 0 Å². The van der Waals surface area contributed by atoms with Crippen molar-refractivity contribution in [1.29, 1.82) is 0 Å². The molecule has 0 fully saturated rings. The van der Waals surface area contributed by atoms with Crippen molar-refractivity contribution in [3.8, 4) is 0 Å². The number of hydrogen-bond donors (Lipinski definition) is 0. The molecule has 0 aromatic heterocycles. The van der Waals surface area contributed by atoms with Crippen molar-refractivity contribution in [2.24, 2.45) is 5.41 Å². The van der Waals surface area contributed by atoms with E-state index < -0.39 is 0 Å². The fourth-order valence-electron chi connectivity index (χ4n) is 2.30. The Morgan fingerprint density at radius 3 is 2.45 bits per heavy atom. The van der Waals surface area contributed by atoms with Crippen molar-refractivity contribution >= 4 is 5.71 Å². The summed E-state index contributed by atoms with van der Waals surface area (Å²) in [6.07, 6.45) is 3.93. The van der Waals surface area contributed by atoms with Crippen LogP contribution in [0.3, 0.4) is 0 Å². The van der Waals surface area contributed by atoms with Gasteiger partial charge >= 0.3 is 0 Å². The van der Waals surface area contributed by atoms with Crippen LogP contribution in [-0.2, 0) is 0 Å². The smallest absolute Gasteiger partial charge is 0.157 e. The monoisotopic (exact) mass is 154 g/mol. The Bertz CT molecular complexity index is 177. The lowest BCUT2D eigenvalue weighted by Gasteiger charge is -2.27. The largest absolute Gasteiger partial charge is 0.239 e. The maximum absolute atomic E-state index is 2.43. The summed E-state index contributed by atoms with van der Waals surface area (Å²) in [4.78, 5) is 0. The first kappa shape index (κ1) is 8.76. The molecule has 1 nitrogen and oxygen atoms in total. The Kier molecular flexibility index (Phi) is 2.36. The number of rotatable bonds is 1.